The maximum atomic E-state index is 12.8. The van der Waals surface area contributed by atoms with E-state index in [0.29, 0.717) is 24.5 Å². The van der Waals surface area contributed by atoms with Crippen molar-refractivity contribution in [1.29, 1.82) is 0 Å². The molecule has 0 spiro atoms. The van der Waals surface area contributed by atoms with Crippen molar-refractivity contribution in [2.45, 2.75) is 50.8 Å². The molecule has 2 rings (SSSR count). The van der Waals surface area contributed by atoms with Gasteiger partial charge in [0.05, 0.1) is 17.3 Å². The summed E-state index contributed by atoms with van der Waals surface area (Å²) in [7, 11) is -3.51. The van der Waals surface area contributed by atoms with Gasteiger partial charge >= 0.3 is 0 Å². The third-order valence-corrected chi connectivity index (χ3v) is 6.34. The van der Waals surface area contributed by atoms with E-state index in [1.54, 1.807) is 11.2 Å². The molecule has 2 heterocycles. The van der Waals surface area contributed by atoms with Crippen LogP contribution in [0.4, 0.5) is 0 Å². The molecule has 114 valence electrons. The molecule has 0 bridgehead atoms. The van der Waals surface area contributed by atoms with Crippen molar-refractivity contribution in [2.24, 2.45) is 5.41 Å². The van der Waals surface area contributed by atoms with Crippen LogP contribution in [0.5, 0.6) is 0 Å². The molecule has 7 heteroatoms. The van der Waals surface area contributed by atoms with Crippen molar-refractivity contribution in [3.05, 3.63) is 11.4 Å². The lowest BCUT2D eigenvalue weighted by Crippen LogP contribution is -2.33. The number of sulfonamides is 1. The molecule has 20 heavy (non-hydrogen) atoms. The molecule has 1 N–H and O–H groups in total. The first kappa shape index (κ1) is 15.8. The van der Waals surface area contributed by atoms with Gasteiger partial charge in [-0.3, -0.25) is 5.10 Å². The molecule has 1 aliphatic heterocycles. The van der Waals surface area contributed by atoms with E-state index in [9.17, 15) is 8.42 Å². The van der Waals surface area contributed by atoms with Crippen molar-refractivity contribution in [1.82, 2.24) is 14.5 Å². The Kier molecular flexibility index (Phi) is 4.47. The van der Waals surface area contributed by atoms with Gasteiger partial charge in [-0.1, -0.05) is 13.8 Å². The van der Waals surface area contributed by atoms with Gasteiger partial charge in [-0.2, -0.15) is 9.40 Å². The SMILES string of the molecule is Cc1[nH]nc(CCl)c1S(=O)(=O)N1CCCC(C)(C)CC1. The van der Waals surface area contributed by atoms with Gasteiger partial charge in [0.25, 0.3) is 0 Å². The summed E-state index contributed by atoms with van der Waals surface area (Å²) in [4.78, 5) is 0.257. The number of nitrogens with one attached hydrogen (secondary N) is 1. The Morgan fingerprint density at radius 1 is 1.35 bits per heavy atom. The zero-order chi connectivity index (χ0) is 15.0. The number of rotatable bonds is 3. The molecule has 0 aliphatic carbocycles. The Hall–Kier alpha value is -0.590. The summed E-state index contributed by atoms with van der Waals surface area (Å²) in [6.45, 7) is 7.23. The topological polar surface area (TPSA) is 66.1 Å². The van der Waals surface area contributed by atoms with E-state index >= 15 is 0 Å². The fraction of sp³-hybridized carbons (Fsp3) is 0.769. The monoisotopic (exact) mass is 319 g/mol. The molecule has 1 fully saturated rings. The van der Waals surface area contributed by atoms with Crippen LogP contribution in [0.2, 0.25) is 0 Å². The van der Waals surface area contributed by atoms with Crippen LogP contribution in [0.15, 0.2) is 4.90 Å². The molecule has 0 unspecified atom stereocenters. The van der Waals surface area contributed by atoms with Crippen LogP contribution in [0.25, 0.3) is 0 Å². The predicted octanol–water partition coefficient (Wildman–Crippen LogP) is 2.66. The average molecular weight is 320 g/mol. The molecule has 1 aliphatic rings. The van der Waals surface area contributed by atoms with E-state index < -0.39 is 10.0 Å². The Morgan fingerprint density at radius 3 is 2.70 bits per heavy atom. The largest absolute Gasteiger partial charge is 0.281 e. The van der Waals surface area contributed by atoms with Gasteiger partial charge in [0.2, 0.25) is 10.0 Å². The van der Waals surface area contributed by atoms with Crippen molar-refractivity contribution in [3.8, 4) is 0 Å². The molecule has 1 aromatic heterocycles. The van der Waals surface area contributed by atoms with E-state index in [0.717, 1.165) is 19.3 Å². The van der Waals surface area contributed by atoms with E-state index in [-0.39, 0.29) is 16.2 Å². The van der Waals surface area contributed by atoms with Crippen LogP contribution in [-0.4, -0.2) is 36.0 Å². The third-order valence-electron chi connectivity index (χ3n) is 3.98. The number of hydrogen-bond acceptors (Lipinski definition) is 3. The molecule has 0 radical (unpaired) electrons. The fourth-order valence-electron chi connectivity index (χ4n) is 2.67. The summed E-state index contributed by atoms with van der Waals surface area (Å²) in [5.41, 5.74) is 1.17. The summed E-state index contributed by atoms with van der Waals surface area (Å²) in [6, 6.07) is 0. The minimum absolute atomic E-state index is 0.0955. The Balaban J connectivity index is 2.33. The van der Waals surface area contributed by atoms with E-state index in [1.165, 1.54) is 0 Å². The minimum atomic E-state index is -3.51. The summed E-state index contributed by atoms with van der Waals surface area (Å²) >= 11 is 5.80. The number of aryl methyl sites for hydroxylation is 1. The summed E-state index contributed by atoms with van der Waals surface area (Å²) in [5.74, 6) is 0.0955. The fourth-order valence-corrected chi connectivity index (χ4v) is 4.75. The predicted molar refractivity (Wildman–Crippen MR) is 79.3 cm³/mol. The summed E-state index contributed by atoms with van der Waals surface area (Å²) < 4.78 is 27.2. The number of aromatic amines is 1. The zero-order valence-electron chi connectivity index (χ0n) is 12.2. The van der Waals surface area contributed by atoms with E-state index in [1.807, 2.05) is 0 Å². The molecule has 1 aromatic rings. The van der Waals surface area contributed by atoms with E-state index in [4.69, 9.17) is 11.6 Å². The molecule has 0 saturated carbocycles. The molecule has 0 aromatic carbocycles. The number of hydrogen-bond donors (Lipinski definition) is 1. The molecule has 0 atom stereocenters. The summed E-state index contributed by atoms with van der Waals surface area (Å²) in [6.07, 6.45) is 2.81. The highest BCUT2D eigenvalue weighted by atomic mass is 35.5. The average Bonchev–Trinajstić information content (AvgIpc) is 2.64. The lowest BCUT2D eigenvalue weighted by molar-refractivity contribution is 0.314. The Labute approximate surface area is 125 Å². The number of halogens is 1. The first-order chi connectivity index (χ1) is 9.28. The number of alkyl halides is 1. The van der Waals surface area contributed by atoms with Crippen LogP contribution in [0.3, 0.4) is 0 Å². The molecule has 1 saturated heterocycles. The van der Waals surface area contributed by atoms with Crippen LogP contribution in [0, 0.1) is 12.3 Å². The lowest BCUT2D eigenvalue weighted by Gasteiger charge is -2.23. The highest BCUT2D eigenvalue weighted by Crippen LogP contribution is 2.32. The van der Waals surface area contributed by atoms with Crippen LogP contribution in [0.1, 0.15) is 44.5 Å². The molecular weight excluding hydrogens is 298 g/mol. The van der Waals surface area contributed by atoms with Gasteiger partial charge in [0.1, 0.15) is 4.90 Å². The van der Waals surface area contributed by atoms with Crippen molar-refractivity contribution >= 4 is 21.6 Å². The quantitative estimate of drug-likeness (QED) is 0.871. The van der Waals surface area contributed by atoms with Gasteiger partial charge in [-0.15, -0.1) is 11.6 Å². The van der Waals surface area contributed by atoms with Gasteiger partial charge in [0.15, 0.2) is 0 Å². The molecule has 5 nitrogen and oxygen atoms in total. The molecule has 0 amide bonds. The van der Waals surface area contributed by atoms with Crippen LogP contribution in [-0.2, 0) is 15.9 Å². The third kappa shape index (κ3) is 3.02. The summed E-state index contributed by atoms with van der Waals surface area (Å²) in [5, 5.41) is 6.71. The van der Waals surface area contributed by atoms with Gasteiger partial charge < -0.3 is 0 Å². The highest BCUT2D eigenvalue weighted by molar-refractivity contribution is 7.89. The second-order valence-corrected chi connectivity index (χ2v) is 8.32. The highest BCUT2D eigenvalue weighted by Gasteiger charge is 2.33. The number of H-pyrrole nitrogens is 1. The Morgan fingerprint density at radius 2 is 2.05 bits per heavy atom. The number of aromatic nitrogens is 2. The first-order valence-corrected chi connectivity index (χ1v) is 8.85. The van der Waals surface area contributed by atoms with E-state index in [2.05, 4.69) is 24.0 Å². The van der Waals surface area contributed by atoms with Crippen molar-refractivity contribution < 1.29 is 8.42 Å². The first-order valence-electron chi connectivity index (χ1n) is 6.88. The lowest BCUT2D eigenvalue weighted by atomic mass is 9.85. The second kappa shape index (κ2) is 5.66. The Bertz CT molecular complexity index is 580. The smallest absolute Gasteiger partial charge is 0.246 e. The molecular formula is C13H22ClN3O2S. The second-order valence-electron chi connectivity index (χ2n) is 6.18. The van der Waals surface area contributed by atoms with Crippen molar-refractivity contribution in [3.63, 3.8) is 0 Å². The van der Waals surface area contributed by atoms with Gasteiger partial charge in [0, 0.05) is 13.1 Å². The van der Waals surface area contributed by atoms with Crippen molar-refractivity contribution in [2.75, 3.05) is 13.1 Å². The van der Waals surface area contributed by atoms with Gasteiger partial charge in [-0.25, -0.2) is 8.42 Å². The zero-order valence-corrected chi connectivity index (χ0v) is 13.8. The van der Waals surface area contributed by atoms with Gasteiger partial charge in [-0.05, 0) is 31.6 Å². The maximum absolute atomic E-state index is 12.8. The number of nitrogens with zero attached hydrogens (tertiary/aromatic N) is 2. The minimum Gasteiger partial charge on any atom is -0.281 e. The normalized spacial score (nSPS) is 20.8. The standard InChI is InChI=1S/C13H22ClN3O2S/c1-10-12(11(9-14)16-15-10)20(18,19)17-7-4-5-13(2,3)6-8-17/h4-9H2,1-3H3,(H,15,16). The van der Waals surface area contributed by atoms with Crippen LogP contribution < -0.4 is 0 Å². The maximum Gasteiger partial charge on any atom is 0.246 e. The van der Waals surface area contributed by atoms with Crippen LogP contribution >= 0.6 is 11.6 Å².